The zero-order chi connectivity index (χ0) is 14.4. The summed E-state index contributed by atoms with van der Waals surface area (Å²) in [5.74, 6) is -1.64. The maximum absolute atomic E-state index is 11.2. The fraction of sp³-hybridized carbons (Fsp3) is 0.385. The Hall–Kier alpha value is -1.53. The summed E-state index contributed by atoms with van der Waals surface area (Å²) in [6.45, 7) is 2.06. The van der Waals surface area contributed by atoms with Crippen LogP contribution in [0.1, 0.15) is 30.6 Å². The molecule has 0 bridgehead atoms. The molecule has 0 spiro atoms. The number of esters is 1. The van der Waals surface area contributed by atoms with Gasteiger partial charge < -0.3 is 14.9 Å². The standard InChI is InChI=1S/C13H16O5S/c1-2-18-11(14)6-4-8-3-5-10(19)9(7-8)12(15)13(16)17/h3,5,7,12,15,19H,2,4,6H2,1H3,(H,16,17). The molecule has 0 aliphatic rings. The maximum atomic E-state index is 11.2. The summed E-state index contributed by atoms with van der Waals surface area (Å²) in [6, 6.07) is 4.88. The molecule has 0 radical (unpaired) electrons. The zero-order valence-corrected chi connectivity index (χ0v) is 11.4. The second kappa shape index (κ2) is 7.16. The Kier molecular flexibility index (Phi) is 5.85. The average Bonchev–Trinajstić information content (AvgIpc) is 2.37. The van der Waals surface area contributed by atoms with Gasteiger partial charge >= 0.3 is 11.9 Å². The quantitative estimate of drug-likeness (QED) is 0.546. The lowest BCUT2D eigenvalue weighted by molar-refractivity contribution is -0.147. The molecule has 6 heteroatoms. The van der Waals surface area contributed by atoms with Gasteiger partial charge in [-0.3, -0.25) is 4.79 Å². The Bertz CT molecular complexity index is 472. The molecular weight excluding hydrogens is 268 g/mol. The molecule has 0 amide bonds. The number of carbonyl (C=O) groups excluding carboxylic acids is 1. The minimum atomic E-state index is -1.62. The number of aliphatic carboxylic acids is 1. The number of rotatable bonds is 6. The lowest BCUT2D eigenvalue weighted by Crippen LogP contribution is -2.12. The second-order valence-corrected chi connectivity index (χ2v) is 4.42. The van der Waals surface area contributed by atoms with E-state index in [9.17, 15) is 14.7 Å². The van der Waals surface area contributed by atoms with Gasteiger partial charge in [0.1, 0.15) is 0 Å². The molecule has 1 unspecified atom stereocenters. The Morgan fingerprint density at radius 1 is 1.42 bits per heavy atom. The Labute approximate surface area is 116 Å². The number of aliphatic hydroxyl groups excluding tert-OH is 1. The zero-order valence-electron chi connectivity index (χ0n) is 10.5. The van der Waals surface area contributed by atoms with E-state index >= 15 is 0 Å². The number of aliphatic hydroxyl groups is 1. The number of hydrogen-bond acceptors (Lipinski definition) is 5. The van der Waals surface area contributed by atoms with Crippen molar-refractivity contribution in [1.82, 2.24) is 0 Å². The van der Waals surface area contributed by atoms with Crippen LogP contribution in [0.15, 0.2) is 23.1 Å². The summed E-state index contributed by atoms with van der Waals surface area (Å²) in [5.41, 5.74) is 0.971. The molecule has 0 fully saturated rings. The number of carbonyl (C=O) groups is 2. The predicted molar refractivity (Wildman–Crippen MR) is 71.2 cm³/mol. The lowest BCUT2D eigenvalue weighted by Gasteiger charge is -2.11. The molecule has 0 saturated heterocycles. The van der Waals surface area contributed by atoms with Gasteiger partial charge in [-0.25, -0.2) is 4.79 Å². The van der Waals surface area contributed by atoms with Gasteiger partial charge in [0.2, 0.25) is 0 Å². The van der Waals surface area contributed by atoms with E-state index in [1.807, 2.05) is 0 Å². The van der Waals surface area contributed by atoms with Gasteiger partial charge in [-0.15, -0.1) is 12.6 Å². The molecule has 0 saturated carbocycles. The number of benzene rings is 1. The van der Waals surface area contributed by atoms with Gasteiger partial charge in [0, 0.05) is 16.9 Å². The molecule has 0 heterocycles. The highest BCUT2D eigenvalue weighted by Gasteiger charge is 2.19. The molecule has 0 aromatic heterocycles. The van der Waals surface area contributed by atoms with Gasteiger partial charge in [0.15, 0.2) is 6.10 Å². The normalized spacial score (nSPS) is 11.9. The summed E-state index contributed by atoms with van der Waals surface area (Å²) in [5, 5.41) is 18.3. The van der Waals surface area contributed by atoms with Crippen molar-refractivity contribution >= 4 is 24.6 Å². The molecule has 0 aliphatic carbocycles. The van der Waals surface area contributed by atoms with Crippen LogP contribution in [0.5, 0.6) is 0 Å². The van der Waals surface area contributed by atoms with Crippen LogP contribution in [0, 0.1) is 0 Å². The number of carboxylic acids is 1. The van der Waals surface area contributed by atoms with Crippen molar-refractivity contribution in [3.8, 4) is 0 Å². The summed E-state index contributed by atoms with van der Waals surface area (Å²) < 4.78 is 4.81. The maximum Gasteiger partial charge on any atom is 0.337 e. The SMILES string of the molecule is CCOC(=O)CCc1ccc(S)c(C(O)C(=O)O)c1. The van der Waals surface area contributed by atoms with Crippen molar-refractivity contribution in [3.05, 3.63) is 29.3 Å². The van der Waals surface area contributed by atoms with E-state index in [2.05, 4.69) is 12.6 Å². The van der Waals surface area contributed by atoms with Crippen molar-refractivity contribution in [3.63, 3.8) is 0 Å². The average molecular weight is 284 g/mol. The number of thiol groups is 1. The van der Waals surface area contributed by atoms with E-state index in [0.29, 0.717) is 17.9 Å². The largest absolute Gasteiger partial charge is 0.479 e. The van der Waals surface area contributed by atoms with Crippen LogP contribution < -0.4 is 0 Å². The lowest BCUT2D eigenvalue weighted by atomic mass is 10.0. The van der Waals surface area contributed by atoms with Crippen LogP contribution in [-0.4, -0.2) is 28.8 Å². The fourth-order valence-corrected chi connectivity index (χ4v) is 1.85. The molecule has 1 aromatic rings. The van der Waals surface area contributed by atoms with E-state index < -0.39 is 12.1 Å². The minimum Gasteiger partial charge on any atom is -0.479 e. The monoisotopic (exact) mass is 284 g/mol. The third kappa shape index (κ3) is 4.57. The first kappa shape index (κ1) is 15.5. The van der Waals surface area contributed by atoms with Crippen LogP contribution in [0.3, 0.4) is 0 Å². The third-order valence-electron chi connectivity index (χ3n) is 2.54. The number of hydrogen-bond donors (Lipinski definition) is 3. The number of ether oxygens (including phenoxy) is 1. The van der Waals surface area contributed by atoms with Crippen LogP contribution in [-0.2, 0) is 20.7 Å². The van der Waals surface area contributed by atoms with Crippen molar-refractivity contribution in [2.45, 2.75) is 30.8 Å². The molecule has 2 N–H and O–H groups in total. The molecule has 104 valence electrons. The van der Waals surface area contributed by atoms with E-state index in [0.717, 1.165) is 5.56 Å². The number of aryl methyl sites for hydroxylation is 1. The highest BCUT2D eigenvalue weighted by atomic mass is 32.1. The summed E-state index contributed by atoms with van der Waals surface area (Å²) >= 11 is 4.11. The van der Waals surface area contributed by atoms with E-state index in [4.69, 9.17) is 9.84 Å². The molecule has 1 atom stereocenters. The fourth-order valence-electron chi connectivity index (χ4n) is 1.59. The van der Waals surface area contributed by atoms with Crippen LogP contribution in [0.25, 0.3) is 0 Å². The molecule has 5 nitrogen and oxygen atoms in total. The molecule has 1 aromatic carbocycles. The summed E-state index contributed by atoms with van der Waals surface area (Å²) in [7, 11) is 0. The molecule has 1 rings (SSSR count). The predicted octanol–water partition coefficient (Wildman–Crippen LogP) is 1.59. The van der Waals surface area contributed by atoms with Crippen LogP contribution >= 0.6 is 12.6 Å². The molecule has 19 heavy (non-hydrogen) atoms. The van der Waals surface area contributed by atoms with E-state index in [1.165, 1.54) is 0 Å². The van der Waals surface area contributed by atoms with Gasteiger partial charge in [-0.2, -0.15) is 0 Å². The topological polar surface area (TPSA) is 83.8 Å². The van der Waals surface area contributed by atoms with Crippen molar-refractivity contribution in [2.75, 3.05) is 6.61 Å². The number of carboxylic acid groups (broad SMARTS) is 1. The highest BCUT2D eigenvalue weighted by molar-refractivity contribution is 7.80. The summed E-state index contributed by atoms with van der Waals surface area (Å²) in [4.78, 5) is 22.4. The highest BCUT2D eigenvalue weighted by Crippen LogP contribution is 2.23. The second-order valence-electron chi connectivity index (χ2n) is 3.94. The van der Waals surface area contributed by atoms with Crippen molar-refractivity contribution in [2.24, 2.45) is 0 Å². The summed E-state index contributed by atoms with van der Waals surface area (Å²) in [6.07, 6.45) is -0.982. The van der Waals surface area contributed by atoms with Crippen LogP contribution in [0.4, 0.5) is 0 Å². The Balaban J connectivity index is 2.79. The van der Waals surface area contributed by atoms with Crippen molar-refractivity contribution < 1.29 is 24.5 Å². The van der Waals surface area contributed by atoms with Gasteiger partial charge in [0.25, 0.3) is 0 Å². The van der Waals surface area contributed by atoms with Gasteiger partial charge in [-0.05, 0) is 25.0 Å². The molecule has 0 aliphatic heterocycles. The first-order valence-electron chi connectivity index (χ1n) is 5.84. The Morgan fingerprint density at radius 3 is 2.68 bits per heavy atom. The van der Waals surface area contributed by atoms with Crippen LogP contribution in [0.2, 0.25) is 0 Å². The first-order valence-corrected chi connectivity index (χ1v) is 6.28. The van der Waals surface area contributed by atoms with Gasteiger partial charge in [-0.1, -0.05) is 12.1 Å². The minimum absolute atomic E-state index is 0.211. The first-order chi connectivity index (χ1) is 8.95. The van der Waals surface area contributed by atoms with Gasteiger partial charge in [0.05, 0.1) is 6.61 Å². The smallest absolute Gasteiger partial charge is 0.337 e. The molecular formula is C13H16O5S. The van der Waals surface area contributed by atoms with E-state index in [1.54, 1.807) is 25.1 Å². The van der Waals surface area contributed by atoms with Crippen molar-refractivity contribution in [1.29, 1.82) is 0 Å². The Morgan fingerprint density at radius 2 is 2.11 bits per heavy atom. The van der Waals surface area contributed by atoms with E-state index in [-0.39, 0.29) is 18.0 Å². The third-order valence-corrected chi connectivity index (χ3v) is 2.95.